The number of nitrogens with zero attached hydrogens (tertiary/aromatic N) is 5. The third-order valence-electron chi connectivity index (χ3n) is 4.11. The highest BCUT2D eigenvalue weighted by Crippen LogP contribution is 2.30. The molecular formula is C20H21N5OS2. The van der Waals surface area contributed by atoms with Gasteiger partial charge >= 0.3 is 0 Å². The third kappa shape index (κ3) is 4.18. The van der Waals surface area contributed by atoms with E-state index in [4.69, 9.17) is 4.52 Å². The fourth-order valence-electron chi connectivity index (χ4n) is 2.64. The second-order valence-electron chi connectivity index (χ2n) is 7.41. The Bertz CT molecular complexity index is 1030. The van der Waals surface area contributed by atoms with Gasteiger partial charge in [-0.25, -0.2) is 0 Å². The lowest BCUT2D eigenvalue weighted by atomic mass is 9.96. The summed E-state index contributed by atoms with van der Waals surface area (Å²) >= 11 is 3.22. The average molecular weight is 412 g/mol. The first-order valence-electron chi connectivity index (χ1n) is 8.97. The Morgan fingerprint density at radius 1 is 1.07 bits per heavy atom. The zero-order valence-electron chi connectivity index (χ0n) is 16.0. The van der Waals surface area contributed by atoms with Crippen LogP contribution in [0.3, 0.4) is 0 Å². The van der Waals surface area contributed by atoms with Crippen molar-refractivity contribution in [1.82, 2.24) is 24.9 Å². The van der Waals surface area contributed by atoms with E-state index in [0.717, 1.165) is 15.9 Å². The van der Waals surface area contributed by atoms with Gasteiger partial charge in [-0.15, -0.1) is 21.5 Å². The largest absolute Gasteiger partial charge is 0.338 e. The molecule has 144 valence electrons. The summed E-state index contributed by atoms with van der Waals surface area (Å²) in [4.78, 5) is 5.61. The molecule has 6 nitrogen and oxygen atoms in total. The monoisotopic (exact) mass is 411 g/mol. The van der Waals surface area contributed by atoms with Gasteiger partial charge in [0.15, 0.2) is 16.8 Å². The molecule has 0 unspecified atom stereocenters. The molecule has 0 saturated carbocycles. The number of benzene rings is 1. The molecule has 3 aromatic heterocycles. The number of thioether (sulfide) groups is 1. The molecule has 0 aliphatic carbocycles. The van der Waals surface area contributed by atoms with Crippen LogP contribution in [0.2, 0.25) is 0 Å². The maximum Gasteiger partial charge on any atom is 0.237 e. The van der Waals surface area contributed by atoms with Gasteiger partial charge in [-0.05, 0) is 17.0 Å². The Labute approximate surface area is 172 Å². The smallest absolute Gasteiger partial charge is 0.237 e. The van der Waals surface area contributed by atoms with Gasteiger partial charge in [0.1, 0.15) is 0 Å². The van der Waals surface area contributed by atoms with Crippen molar-refractivity contribution in [2.24, 2.45) is 0 Å². The molecule has 4 aromatic rings. The second-order valence-corrected chi connectivity index (χ2v) is 9.30. The van der Waals surface area contributed by atoms with Crippen molar-refractivity contribution in [3.63, 3.8) is 0 Å². The molecule has 8 heteroatoms. The maximum absolute atomic E-state index is 5.41. The Morgan fingerprint density at radius 3 is 2.57 bits per heavy atom. The first kappa shape index (κ1) is 18.9. The van der Waals surface area contributed by atoms with E-state index >= 15 is 0 Å². The molecular weight excluding hydrogens is 390 g/mol. The fourth-order valence-corrected chi connectivity index (χ4v) is 4.13. The summed E-state index contributed by atoms with van der Waals surface area (Å²) < 4.78 is 7.56. The lowest BCUT2D eigenvalue weighted by Gasteiger charge is -2.11. The highest BCUT2D eigenvalue weighted by atomic mass is 32.2. The zero-order chi connectivity index (χ0) is 19.6. The number of rotatable bonds is 6. The average Bonchev–Trinajstić information content (AvgIpc) is 3.41. The third-order valence-corrected chi connectivity index (χ3v) is 5.92. The van der Waals surface area contributed by atoms with E-state index in [-0.39, 0.29) is 5.41 Å². The number of aromatic nitrogens is 5. The van der Waals surface area contributed by atoms with Crippen LogP contribution in [0.25, 0.3) is 10.7 Å². The van der Waals surface area contributed by atoms with Crippen molar-refractivity contribution < 1.29 is 4.52 Å². The molecule has 0 atom stereocenters. The Kier molecular flexibility index (Phi) is 5.32. The topological polar surface area (TPSA) is 69.6 Å². The summed E-state index contributed by atoms with van der Waals surface area (Å²) in [6.45, 7) is 6.91. The molecule has 1 aromatic carbocycles. The summed E-state index contributed by atoms with van der Waals surface area (Å²) in [7, 11) is 0. The summed E-state index contributed by atoms with van der Waals surface area (Å²) in [6, 6.07) is 14.4. The van der Waals surface area contributed by atoms with E-state index < -0.39 is 0 Å². The van der Waals surface area contributed by atoms with Crippen LogP contribution in [0.15, 0.2) is 57.5 Å². The first-order valence-corrected chi connectivity index (χ1v) is 10.8. The van der Waals surface area contributed by atoms with Crippen molar-refractivity contribution in [1.29, 1.82) is 0 Å². The van der Waals surface area contributed by atoms with E-state index in [1.54, 1.807) is 23.1 Å². The quantitative estimate of drug-likeness (QED) is 0.415. The first-order chi connectivity index (χ1) is 13.5. The fraction of sp³-hybridized carbons (Fsp3) is 0.300. The Morgan fingerprint density at radius 2 is 1.89 bits per heavy atom. The van der Waals surface area contributed by atoms with Gasteiger partial charge in [0.25, 0.3) is 0 Å². The minimum atomic E-state index is -0.133. The molecule has 3 heterocycles. The van der Waals surface area contributed by atoms with E-state index in [0.29, 0.717) is 24.0 Å². The van der Waals surface area contributed by atoms with Gasteiger partial charge in [0.2, 0.25) is 5.89 Å². The number of thiophene rings is 1. The van der Waals surface area contributed by atoms with Gasteiger partial charge in [-0.1, -0.05) is 74.1 Å². The summed E-state index contributed by atoms with van der Waals surface area (Å²) in [5, 5.41) is 15.9. The van der Waals surface area contributed by atoms with Gasteiger partial charge in [0, 0.05) is 5.41 Å². The molecule has 4 rings (SSSR count). The van der Waals surface area contributed by atoms with Gasteiger partial charge in [-0.3, -0.25) is 4.57 Å². The summed E-state index contributed by atoms with van der Waals surface area (Å²) in [5.74, 6) is 2.75. The van der Waals surface area contributed by atoms with E-state index in [1.807, 2.05) is 24.3 Å². The van der Waals surface area contributed by atoms with Crippen molar-refractivity contribution in [2.45, 2.75) is 43.6 Å². The van der Waals surface area contributed by atoms with Crippen LogP contribution in [0, 0.1) is 0 Å². The molecule has 28 heavy (non-hydrogen) atoms. The molecule has 0 aliphatic rings. The van der Waals surface area contributed by atoms with Crippen LogP contribution >= 0.6 is 23.1 Å². The molecule has 0 N–H and O–H groups in total. The number of hydrogen-bond acceptors (Lipinski definition) is 7. The predicted molar refractivity (Wildman–Crippen MR) is 111 cm³/mol. The van der Waals surface area contributed by atoms with Crippen LogP contribution in [-0.2, 0) is 17.7 Å². The number of hydrogen-bond donors (Lipinski definition) is 0. The maximum atomic E-state index is 5.41. The minimum absolute atomic E-state index is 0.133. The normalized spacial score (nSPS) is 11.8. The minimum Gasteiger partial charge on any atom is -0.338 e. The van der Waals surface area contributed by atoms with Crippen molar-refractivity contribution in [3.05, 3.63) is 65.1 Å². The molecule has 0 fully saturated rings. The molecule has 0 bridgehead atoms. The zero-order valence-corrected chi connectivity index (χ0v) is 17.6. The van der Waals surface area contributed by atoms with E-state index in [1.165, 1.54) is 5.56 Å². The molecule has 0 saturated heterocycles. The van der Waals surface area contributed by atoms with Gasteiger partial charge in [-0.2, -0.15) is 4.98 Å². The Hall–Kier alpha value is -2.45. The van der Waals surface area contributed by atoms with Crippen molar-refractivity contribution in [3.8, 4) is 10.7 Å². The standard InChI is InChI=1S/C20H21N5OS2/c1-20(2,3)18-21-16(26-24-18)13-28-19-23-22-17(15-10-7-11-27-15)25(19)12-14-8-5-4-6-9-14/h4-11H,12-13H2,1-3H3. The summed E-state index contributed by atoms with van der Waals surface area (Å²) in [6.07, 6.45) is 0. The molecule has 0 aliphatic heterocycles. The van der Waals surface area contributed by atoms with Crippen LogP contribution in [0.4, 0.5) is 0 Å². The van der Waals surface area contributed by atoms with Gasteiger partial charge in [0.05, 0.1) is 17.2 Å². The van der Waals surface area contributed by atoms with Crippen LogP contribution < -0.4 is 0 Å². The lowest BCUT2D eigenvalue weighted by Crippen LogP contribution is -2.13. The van der Waals surface area contributed by atoms with Crippen LogP contribution in [-0.4, -0.2) is 24.9 Å². The van der Waals surface area contributed by atoms with Crippen molar-refractivity contribution in [2.75, 3.05) is 0 Å². The molecule has 0 amide bonds. The van der Waals surface area contributed by atoms with E-state index in [9.17, 15) is 0 Å². The second kappa shape index (κ2) is 7.89. The highest BCUT2D eigenvalue weighted by Gasteiger charge is 2.22. The lowest BCUT2D eigenvalue weighted by molar-refractivity contribution is 0.372. The van der Waals surface area contributed by atoms with Crippen LogP contribution in [0.5, 0.6) is 0 Å². The highest BCUT2D eigenvalue weighted by molar-refractivity contribution is 7.98. The van der Waals surface area contributed by atoms with E-state index in [2.05, 4.69) is 69.3 Å². The van der Waals surface area contributed by atoms with Gasteiger partial charge < -0.3 is 4.52 Å². The summed E-state index contributed by atoms with van der Waals surface area (Å²) in [5.41, 5.74) is 1.07. The predicted octanol–water partition coefficient (Wildman–Crippen LogP) is 5.03. The van der Waals surface area contributed by atoms with Crippen LogP contribution in [0.1, 0.15) is 38.0 Å². The van der Waals surface area contributed by atoms with Crippen molar-refractivity contribution >= 4 is 23.1 Å². The molecule has 0 radical (unpaired) electrons. The SMILES string of the molecule is CC(C)(C)c1noc(CSc2nnc(-c3cccs3)n2Cc2ccccc2)n1. The Balaban J connectivity index is 1.59. The molecule has 0 spiro atoms.